The molecule has 1 atom stereocenters. The van der Waals surface area contributed by atoms with Crippen molar-refractivity contribution in [2.24, 2.45) is 0 Å². The predicted octanol–water partition coefficient (Wildman–Crippen LogP) is 0.576. The van der Waals surface area contributed by atoms with Crippen molar-refractivity contribution < 1.29 is 9.59 Å². The molecule has 2 heterocycles. The van der Waals surface area contributed by atoms with Gasteiger partial charge in [-0.3, -0.25) is 19.4 Å². The molecular formula is C15H19N3O2. The first-order chi connectivity index (χ1) is 9.68. The molecule has 0 aromatic heterocycles. The largest absolute Gasteiger partial charge is 0.314 e. The third kappa shape index (κ3) is 2.23. The first kappa shape index (κ1) is 13.3. The van der Waals surface area contributed by atoms with Crippen LogP contribution in [-0.2, 0) is 0 Å². The molecule has 1 fully saturated rings. The van der Waals surface area contributed by atoms with E-state index >= 15 is 0 Å². The number of imide groups is 1. The Morgan fingerprint density at radius 3 is 2.40 bits per heavy atom. The zero-order chi connectivity index (χ0) is 14.1. The van der Waals surface area contributed by atoms with Gasteiger partial charge in [0.15, 0.2) is 0 Å². The first-order valence-corrected chi connectivity index (χ1v) is 7.08. The van der Waals surface area contributed by atoms with Gasteiger partial charge >= 0.3 is 0 Å². The maximum Gasteiger partial charge on any atom is 0.261 e. The molecule has 3 rings (SSSR count). The lowest BCUT2D eigenvalue weighted by molar-refractivity contribution is 0.0618. The van der Waals surface area contributed by atoms with E-state index in [1.807, 2.05) is 0 Å². The monoisotopic (exact) mass is 273 g/mol. The number of amides is 2. The minimum atomic E-state index is -0.159. The fourth-order valence-corrected chi connectivity index (χ4v) is 2.89. The number of nitrogens with zero attached hydrogens (tertiary/aromatic N) is 2. The van der Waals surface area contributed by atoms with Crippen molar-refractivity contribution in [2.45, 2.75) is 13.0 Å². The number of carbonyl (C=O) groups excluding carboxylic acids is 2. The van der Waals surface area contributed by atoms with Crippen molar-refractivity contribution in [3.63, 3.8) is 0 Å². The summed E-state index contributed by atoms with van der Waals surface area (Å²) in [5.74, 6) is -0.318. The summed E-state index contributed by atoms with van der Waals surface area (Å²) in [6, 6.07) is 7.49. The Morgan fingerprint density at radius 2 is 1.80 bits per heavy atom. The Labute approximate surface area is 118 Å². The molecule has 0 unspecified atom stereocenters. The van der Waals surface area contributed by atoms with E-state index in [4.69, 9.17) is 0 Å². The molecule has 2 aliphatic rings. The van der Waals surface area contributed by atoms with Crippen LogP contribution in [0.1, 0.15) is 27.6 Å². The highest BCUT2D eigenvalue weighted by molar-refractivity contribution is 6.21. The van der Waals surface area contributed by atoms with Gasteiger partial charge < -0.3 is 5.32 Å². The van der Waals surface area contributed by atoms with Crippen molar-refractivity contribution >= 4 is 11.8 Å². The normalized spacial score (nSPS) is 23.2. The number of benzene rings is 1. The number of hydrogen-bond donors (Lipinski definition) is 1. The zero-order valence-corrected chi connectivity index (χ0v) is 11.6. The van der Waals surface area contributed by atoms with Crippen LogP contribution in [0.2, 0.25) is 0 Å². The van der Waals surface area contributed by atoms with Crippen LogP contribution in [-0.4, -0.2) is 60.4 Å². The van der Waals surface area contributed by atoms with E-state index in [-0.39, 0.29) is 11.8 Å². The van der Waals surface area contributed by atoms with Gasteiger partial charge in [0.1, 0.15) is 0 Å². The molecule has 5 heteroatoms. The molecule has 1 N–H and O–H groups in total. The van der Waals surface area contributed by atoms with Gasteiger partial charge in [0.2, 0.25) is 0 Å². The molecular weight excluding hydrogens is 254 g/mol. The predicted molar refractivity (Wildman–Crippen MR) is 75.7 cm³/mol. The highest BCUT2D eigenvalue weighted by atomic mass is 16.2. The second-order valence-corrected chi connectivity index (χ2v) is 5.40. The van der Waals surface area contributed by atoms with Gasteiger partial charge in [-0.15, -0.1) is 0 Å². The van der Waals surface area contributed by atoms with E-state index in [1.165, 1.54) is 4.90 Å². The minimum absolute atomic E-state index is 0.159. The summed E-state index contributed by atoms with van der Waals surface area (Å²) < 4.78 is 0. The molecule has 0 bridgehead atoms. The van der Waals surface area contributed by atoms with E-state index in [0.717, 1.165) is 26.2 Å². The van der Waals surface area contributed by atoms with Crippen LogP contribution in [0.15, 0.2) is 24.3 Å². The van der Waals surface area contributed by atoms with Crippen molar-refractivity contribution in [1.82, 2.24) is 15.1 Å². The van der Waals surface area contributed by atoms with Crippen LogP contribution in [0.3, 0.4) is 0 Å². The van der Waals surface area contributed by atoms with Crippen LogP contribution in [0.4, 0.5) is 0 Å². The topological polar surface area (TPSA) is 52.6 Å². The minimum Gasteiger partial charge on any atom is -0.314 e. The summed E-state index contributed by atoms with van der Waals surface area (Å²) in [5.41, 5.74) is 1.07. The third-order valence-corrected chi connectivity index (χ3v) is 4.13. The molecule has 2 aliphatic heterocycles. The van der Waals surface area contributed by atoms with Crippen molar-refractivity contribution in [1.29, 1.82) is 0 Å². The molecule has 0 saturated carbocycles. The summed E-state index contributed by atoms with van der Waals surface area (Å²) in [5, 5.41) is 3.33. The second kappa shape index (κ2) is 5.34. The van der Waals surface area contributed by atoms with Gasteiger partial charge in [-0.2, -0.15) is 0 Å². The average Bonchev–Trinajstić information content (AvgIpc) is 2.71. The van der Waals surface area contributed by atoms with Gasteiger partial charge in [0, 0.05) is 38.8 Å². The van der Waals surface area contributed by atoms with Crippen molar-refractivity contribution in [3.05, 3.63) is 35.4 Å². The molecule has 1 aromatic carbocycles. The maximum absolute atomic E-state index is 12.2. The summed E-state index contributed by atoms with van der Waals surface area (Å²) in [6.07, 6.45) is 0. The second-order valence-electron chi connectivity index (χ2n) is 5.40. The number of hydrogen-bond acceptors (Lipinski definition) is 4. The van der Waals surface area contributed by atoms with E-state index in [0.29, 0.717) is 23.7 Å². The number of nitrogens with one attached hydrogen (secondary N) is 1. The van der Waals surface area contributed by atoms with E-state index < -0.39 is 0 Å². The summed E-state index contributed by atoms with van der Waals surface area (Å²) in [4.78, 5) is 28.2. The van der Waals surface area contributed by atoms with E-state index in [9.17, 15) is 9.59 Å². The Kier molecular flexibility index (Phi) is 3.54. The smallest absolute Gasteiger partial charge is 0.261 e. The quantitative estimate of drug-likeness (QED) is 0.818. The lowest BCUT2D eigenvalue weighted by atomic mass is 10.1. The Balaban J connectivity index is 1.67. The van der Waals surface area contributed by atoms with E-state index in [1.54, 1.807) is 24.3 Å². The van der Waals surface area contributed by atoms with Crippen LogP contribution in [0.5, 0.6) is 0 Å². The summed E-state index contributed by atoms with van der Waals surface area (Å²) in [6.45, 7) is 6.26. The van der Waals surface area contributed by atoms with Crippen molar-refractivity contribution in [2.75, 3.05) is 32.7 Å². The number of fused-ring (bicyclic) bond motifs is 1. The molecule has 5 nitrogen and oxygen atoms in total. The van der Waals surface area contributed by atoms with Gasteiger partial charge in [-0.1, -0.05) is 12.1 Å². The molecule has 2 amide bonds. The highest BCUT2D eigenvalue weighted by Gasteiger charge is 2.35. The van der Waals surface area contributed by atoms with Crippen LogP contribution < -0.4 is 5.32 Å². The lowest BCUT2D eigenvalue weighted by Crippen LogP contribution is -2.52. The van der Waals surface area contributed by atoms with Gasteiger partial charge in [0.05, 0.1) is 11.1 Å². The third-order valence-electron chi connectivity index (χ3n) is 4.13. The standard InChI is InChI=1S/C15H19N3O2/c1-11-10-16-6-7-17(11)8-9-18-14(19)12-4-2-3-5-13(12)15(18)20/h2-5,11,16H,6-10H2,1H3/t11-/m1/s1. The van der Waals surface area contributed by atoms with Crippen LogP contribution in [0, 0.1) is 0 Å². The first-order valence-electron chi connectivity index (χ1n) is 7.08. The van der Waals surface area contributed by atoms with Crippen LogP contribution >= 0.6 is 0 Å². The summed E-state index contributed by atoms with van der Waals surface area (Å²) in [7, 11) is 0. The highest BCUT2D eigenvalue weighted by Crippen LogP contribution is 2.22. The molecule has 0 radical (unpaired) electrons. The fraction of sp³-hybridized carbons (Fsp3) is 0.467. The van der Waals surface area contributed by atoms with Crippen LogP contribution in [0.25, 0.3) is 0 Å². The average molecular weight is 273 g/mol. The summed E-state index contributed by atoms with van der Waals surface area (Å²) >= 11 is 0. The fourth-order valence-electron chi connectivity index (χ4n) is 2.89. The molecule has 0 spiro atoms. The molecule has 20 heavy (non-hydrogen) atoms. The Hall–Kier alpha value is -1.72. The van der Waals surface area contributed by atoms with Gasteiger partial charge in [-0.05, 0) is 19.1 Å². The maximum atomic E-state index is 12.2. The molecule has 0 aliphatic carbocycles. The molecule has 1 saturated heterocycles. The number of carbonyl (C=O) groups is 2. The molecule has 106 valence electrons. The SMILES string of the molecule is C[C@@H]1CNCCN1CCN1C(=O)c2ccccc2C1=O. The molecule has 1 aromatic rings. The Bertz CT molecular complexity index is 509. The van der Waals surface area contributed by atoms with E-state index in [2.05, 4.69) is 17.1 Å². The zero-order valence-electron chi connectivity index (χ0n) is 11.6. The van der Waals surface area contributed by atoms with Gasteiger partial charge in [0.25, 0.3) is 11.8 Å². The number of piperazine rings is 1. The van der Waals surface area contributed by atoms with Crippen molar-refractivity contribution in [3.8, 4) is 0 Å². The van der Waals surface area contributed by atoms with Gasteiger partial charge in [-0.25, -0.2) is 0 Å². The number of rotatable bonds is 3. The lowest BCUT2D eigenvalue weighted by Gasteiger charge is -2.34. The Morgan fingerprint density at radius 1 is 1.15 bits per heavy atom.